The largest absolute Gasteiger partial charge is 0.449 e. The second kappa shape index (κ2) is 9.89. The fraction of sp³-hybridized carbons (Fsp3) is 0.346. The first-order valence-electron chi connectivity index (χ1n) is 11.3. The third kappa shape index (κ3) is 5.02. The van der Waals surface area contributed by atoms with Gasteiger partial charge in [-0.25, -0.2) is 4.79 Å². The van der Waals surface area contributed by atoms with Gasteiger partial charge in [0.1, 0.15) is 0 Å². The number of aromatic nitrogens is 1. The number of rotatable bonds is 6. The van der Waals surface area contributed by atoms with Crippen LogP contribution in [-0.2, 0) is 22.5 Å². The van der Waals surface area contributed by atoms with Crippen LogP contribution in [0.15, 0.2) is 48.5 Å². The number of amides is 1. The number of carbonyl (C=O) groups excluding carboxylic acids is 2. The molecular weight excluding hydrogens is 438 g/mol. The van der Waals surface area contributed by atoms with Crippen molar-refractivity contribution < 1.29 is 14.3 Å². The molecule has 33 heavy (non-hydrogen) atoms. The molecule has 3 aromatic rings. The van der Waals surface area contributed by atoms with Crippen LogP contribution >= 0.6 is 11.6 Å². The molecule has 0 fully saturated rings. The van der Waals surface area contributed by atoms with E-state index in [0.717, 1.165) is 35.1 Å². The minimum absolute atomic E-state index is 0.348. The molecule has 0 radical (unpaired) electrons. The van der Waals surface area contributed by atoms with Crippen LogP contribution in [0, 0.1) is 0 Å². The van der Waals surface area contributed by atoms with Gasteiger partial charge in [-0.05, 0) is 44.5 Å². The maximum absolute atomic E-state index is 13.5. The van der Waals surface area contributed by atoms with Crippen molar-refractivity contribution in [3.63, 3.8) is 0 Å². The molecule has 1 aliphatic rings. The van der Waals surface area contributed by atoms with Crippen LogP contribution in [0.25, 0.3) is 10.9 Å². The molecule has 1 aliphatic heterocycles. The van der Waals surface area contributed by atoms with Crippen LogP contribution in [0.5, 0.6) is 0 Å². The van der Waals surface area contributed by atoms with Crippen LogP contribution in [0.4, 0.5) is 5.69 Å². The van der Waals surface area contributed by atoms with Gasteiger partial charge in [-0.3, -0.25) is 14.7 Å². The minimum Gasteiger partial charge on any atom is -0.449 e. The smallest absolute Gasteiger partial charge is 0.340 e. The Kier molecular flexibility index (Phi) is 6.96. The van der Waals surface area contributed by atoms with E-state index in [-0.39, 0.29) is 5.91 Å². The van der Waals surface area contributed by atoms with E-state index in [2.05, 4.69) is 24.1 Å². The first-order chi connectivity index (χ1) is 15.9. The summed E-state index contributed by atoms with van der Waals surface area (Å²) in [6.07, 6.45) is 0.191. The van der Waals surface area contributed by atoms with E-state index in [1.807, 2.05) is 31.2 Å². The lowest BCUT2D eigenvalue weighted by molar-refractivity contribution is -0.124. The highest BCUT2D eigenvalue weighted by Crippen LogP contribution is 2.30. The van der Waals surface area contributed by atoms with Crippen molar-refractivity contribution in [2.45, 2.75) is 52.3 Å². The number of carbonyl (C=O) groups is 2. The van der Waals surface area contributed by atoms with Crippen LogP contribution in [-0.4, -0.2) is 40.5 Å². The van der Waals surface area contributed by atoms with E-state index < -0.39 is 12.1 Å². The maximum Gasteiger partial charge on any atom is 0.340 e. The highest BCUT2D eigenvalue weighted by atomic mass is 35.5. The van der Waals surface area contributed by atoms with Crippen molar-refractivity contribution in [3.8, 4) is 0 Å². The number of nitrogens with zero attached hydrogens (tertiary/aromatic N) is 2. The fourth-order valence-electron chi connectivity index (χ4n) is 4.18. The summed E-state index contributed by atoms with van der Waals surface area (Å²) in [5.74, 6) is -0.882. The minimum atomic E-state index is -0.927. The summed E-state index contributed by atoms with van der Waals surface area (Å²) < 4.78 is 5.79. The number of esters is 1. The summed E-state index contributed by atoms with van der Waals surface area (Å²) in [6.45, 7) is 7.62. The molecule has 1 atom stereocenters. The van der Waals surface area contributed by atoms with E-state index in [9.17, 15) is 9.59 Å². The molecule has 172 valence electrons. The Labute approximate surface area is 198 Å². The number of halogens is 1. The number of hydrogen-bond acceptors (Lipinski definition) is 5. The topological polar surface area (TPSA) is 71.5 Å². The fourth-order valence-corrected chi connectivity index (χ4v) is 4.37. The molecule has 7 heteroatoms. The lowest BCUT2D eigenvalue weighted by Crippen LogP contribution is -2.38. The van der Waals surface area contributed by atoms with Crippen LogP contribution in [0.2, 0.25) is 5.02 Å². The summed E-state index contributed by atoms with van der Waals surface area (Å²) in [5, 5.41) is 4.05. The predicted molar refractivity (Wildman–Crippen MR) is 131 cm³/mol. The molecule has 2 aromatic carbocycles. The molecule has 1 unspecified atom stereocenters. The highest BCUT2D eigenvalue weighted by molar-refractivity contribution is 6.30. The van der Waals surface area contributed by atoms with Gasteiger partial charge in [0.05, 0.1) is 11.1 Å². The molecule has 6 nitrogen and oxygen atoms in total. The Morgan fingerprint density at radius 2 is 1.97 bits per heavy atom. The summed E-state index contributed by atoms with van der Waals surface area (Å²) in [7, 11) is 0. The highest BCUT2D eigenvalue weighted by Gasteiger charge is 2.30. The van der Waals surface area contributed by atoms with Crippen molar-refractivity contribution >= 4 is 40.1 Å². The Balaban J connectivity index is 1.65. The normalized spacial score (nSPS) is 14.7. The third-order valence-corrected chi connectivity index (χ3v) is 6.25. The zero-order chi connectivity index (χ0) is 23.5. The summed E-state index contributed by atoms with van der Waals surface area (Å²) in [5.41, 5.74) is 3.65. The van der Waals surface area contributed by atoms with Crippen LogP contribution < -0.4 is 5.32 Å². The average molecular weight is 466 g/mol. The monoisotopic (exact) mass is 465 g/mol. The van der Waals surface area contributed by atoms with Crippen LogP contribution in [0.1, 0.15) is 48.8 Å². The Hall–Kier alpha value is -2.96. The van der Waals surface area contributed by atoms with Crippen LogP contribution in [0.3, 0.4) is 0 Å². The van der Waals surface area contributed by atoms with Gasteiger partial charge in [0.15, 0.2) is 6.10 Å². The van der Waals surface area contributed by atoms with E-state index in [4.69, 9.17) is 21.3 Å². The van der Waals surface area contributed by atoms with Crippen molar-refractivity contribution in [3.05, 3.63) is 70.4 Å². The van der Waals surface area contributed by atoms with Gasteiger partial charge in [0.2, 0.25) is 0 Å². The van der Waals surface area contributed by atoms with Gasteiger partial charge in [0.25, 0.3) is 5.91 Å². The van der Waals surface area contributed by atoms with Gasteiger partial charge in [-0.15, -0.1) is 0 Å². The molecule has 0 saturated heterocycles. The first-order valence-corrected chi connectivity index (χ1v) is 11.7. The maximum atomic E-state index is 13.5. The molecule has 1 amide bonds. The molecule has 1 aromatic heterocycles. The Morgan fingerprint density at radius 1 is 1.18 bits per heavy atom. The van der Waals surface area contributed by atoms with E-state index in [0.29, 0.717) is 35.3 Å². The lowest BCUT2D eigenvalue weighted by atomic mass is 9.95. The molecule has 0 aliphatic carbocycles. The van der Waals surface area contributed by atoms with Gasteiger partial charge in [-0.2, -0.15) is 0 Å². The van der Waals surface area contributed by atoms with Gasteiger partial charge in [-0.1, -0.05) is 42.8 Å². The zero-order valence-electron chi connectivity index (χ0n) is 19.1. The quantitative estimate of drug-likeness (QED) is 0.505. The molecular formula is C26H28ClN3O3. The number of nitrogens with one attached hydrogen (secondary N) is 1. The second-order valence-electron chi connectivity index (χ2n) is 8.55. The van der Waals surface area contributed by atoms with Crippen molar-refractivity contribution in [2.75, 3.05) is 11.9 Å². The average Bonchev–Trinajstić information content (AvgIpc) is 2.80. The summed E-state index contributed by atoms with van der Waals surface area (Å²) in [4.78, 5) is 33.5. The molecule has 2 heterocycles. The van der Waals surface area contributed by atoms with Crippen molar-refractivity contribution in [1.82, 2.24) is 9.88 Å². The summed E-state index contributed by atoms with van der Waals surface area (Å²) >= 11 is 6.02. The predicted octanol–water partition coefficient (Wildman–Crippen LogP) is 5.23. The molecule has 0 spiro atoms. The summed E-state index contributed by atoms with van der Waals surface area (Å²) in [6, 6.07) is 14.8. The first kappa shape index (κ1) is 23.2. The molecule has 1 N–H and O–H groups in total. The lowest BCUT2D eigenvalue weighted by Gasteiger charge is -2.32. The van der Waals surface area contributed by atoms with Crippen molar-refractivity contribution in [1.29, 1.82) is 0 Å². The molecule has 0 bridgehead atoms. The van der Waals surface area contributed by atoms with Gasteiger partial charge in [0, 0.05) is 52.9 Å². The Bertz CT molecular complexity index is 1190. The van der Waals surface area contributed by atoms with Gasteiger partial charge < -0.3 is 10.1 Å². The van der Waals surface area contributed by atoms with E-state index in [1.54, 1.807) is 24.3 Å². The number of ether oxygens (including phenoxy) is 1. The number of fused-ring (bicyclic) bond motifs is 2. The Morgan fingerprint density at radius 3 is 2.70 bits per heavy atom. The standard InChI is InChI=1S/C26H28ClN3O3/c1-4-23(25(31)28-18-9-7-8-17(27)14-18)33-26(32)24-19-10-5-6-11-21(19)29-22-12-13-30(16(2)3)15-20(22)24/h5-11,14,16,23H,4,12-13,15H2,1-3H3,(H,28,31). The zero-order valence-corrected chi connectivity index (χ0v) is 19.9. The van der Waals surface area contributed by atoms with E-state index in [1.165, 1.54) is 0 Å². The third-order valence-electron chi connectivity index (χ3n) is 6.02. The SMILES string of the molecule is CCC(OC(=O)c1c2c(nc3ccccc13)CCN(C(C)C)C2)C(=O)Nc1cccc(Cl)c1. The number of pyridine rings is 1. The second-order valence-corrected chi connectivity index (χ2v) is 8.98. The van der Waals surface area contributed by atoms with E-state index >= 15 is 0 Å². The molecule has 4 rings (SSSR count). The molecule has 0 saturated carbocycles. The number of hydrogen-bond donors (Lipinski definition) is 1. The number of anilines is 1. The van der Waals surface area contributed by atoms with Gasteiger partial charge >= 0.3 is 5.97 Å². The number of para-hydroxylation sites is 1. The number of benzene rings is 2. The van der Waals surface area contributed by atoms with Crippen molar-refractivity contribution in [2.24, 2.45) is 0 Å².